The van der Waals surface area contributed by atoms with Gasteiger partial charge < -0.3 is 20.4 Å². The van der Waals surface area contributed by atoms with Crippen LogP contribution in [0.15, 0.2) is 0 Å². The van der Waals surface area contributed by atoms with Crippen molar-refractivity contribution >= 4 is 12.0 Å². The van der Waals surface area contributed by atoms with Crippen molar-refractivity contribution in [3.8, 4) is 0 Å². The van der Waals surface area contributed by atoms with Gasteiger partial charge in [-0.15, -0.1) is 0 Å². The van der Waals surface area contributed by atoms with E-state index in [1.54, 1.807) is 4.90 Å². The molecule has 0 saturated heterocycles. The third-order valence-electron chi connectivity index (χ3n) is 2.43. The summed E-state index contributed by atoms with van der Waals surface area (Å²) < 4.78 is 0. The second kappa shape index (κ2) is 7.92. The van der Waals surface area contributed by atoms with Gasteiger partial charge in [0, 0.05) is 25.6 Å². The van der Waals surface area contributed by atoms with Crippen LogP contribution in [0.4, 0.5) is 4.79 Å². The number of carboxylic acid groups (broad SMARTS) is 1. The van der Waals surface area contributed by atoms with Crippen LogP contribution in [0, 0.1) is 5.92 Å². The number of aliphatic hydroxyl groups is 1. The average Bonchev–Trinajstić information content (AvgIpc) is 2.24. The summed E-state index contributed by atoms with van der Waals surface area (Å²) in [5.41, 5.74) is 0. The van der Waals surface area contributed by atoms with E-state index in [9.17, 15) is 9.59 Å². The molecule has 0 unspecified atom stereocenters. The van der Waals surface area contributed by atoms with E-state index >= 15 is 0 Å². The van der Waals surface area contributed by atoms with Crippen LogP contribution < -0.4 is 5.32 Å². The molecule has 106 valence electrons. The second-order valence-electron chi connectivity index (χ2n) is 5.01. The Labute approximate surface area is 108 Å². The standard InChI is InChI=1S/C12H24N2O4/c1-8(2)7-14(9(3)4)12(18)13-6-5-10(15)11(16)17/h8-10,15H,5-7H2,1-4H3,(H,13,18)(H,16,17)/t10-/m0/s1. The predicted molar refractivity (Wildman–Crippen MR) is 68.3 cm³/mol. The van der Waals surface area contributed by atoms with E-state index in [1.807, 2.05) is 27.7 Å². The van der Waals surface area contributed by atoms with Gasteiger partial charge in [-0.05, 0) is 19.8 Å². The van der Waals surface area contributed by atoms with E-state index in [2.05, 4.69) is 5.32 Å². The zero-order chi connectivity index (χ0) is 14.3. The van der Waals surface area contributed by atoms with Crippen molar-refractivity contribution in [2.24, 2.45) is 5.92 Å². The highest BCUT2D eigenvalue weighted by molar-refractivity contribution is 5.75. The number of rotatable bonds is 7. The topological polar surface area (TPSA) is 89.9 Å². The Hall–Kier alpha value is -1.30. The second-order valence-corrected chi connectivity index (χ2v) is 5.01. The summed E-state index contributed by atoms with van der Waals surface area (Å²) in [5.74, 6) is -0.907. The van der Waals surface area contributed by atoms with Crippen LogP contribution in [0.3, 0.4) is 0 Å². The van der Waals surface area contributed by atoms with Crippen LogP contribution in [-0.4, -0.2) is 52.3 Å². The lowest BCUT2D eigenvalue weighted by molar-refractivity contribution is -0.146. The Balaban J connectivity index is 4.15. The Morgan fingerprint density at radius 2 is 1.78 bits per heavy atom. The van der Waals surface area contributed by atoms with Crippen molar-refractivity contribution in [2.75, 3.05) is 13.1 Å². The number of aliphatic hydroxyl groups excluding tert-OH is 1. The number of carbonyl (C=O) groups excluding carboxylic acids is 1. The molecule has 6 heteroatoms. The van der Waals surface area contributed by atoms with Crippen molar-refractivity contribution in [1.82, 2.24) is 10.2 Å². The number of nitrogens with zero attached hydrogens (tertiary/aromatic N) is 1. The SMILES string of the molecule is CC(C)CN(C(=O)NCC[C@H](O)C(=O)O)C(C)C. The molecule has 0 heterocycles. The van der Waals surface area contributed by atoms with Gasteiger partial charge in [0.2, 0.25) is 0 Å². The molecule has 0 aliphatic carbocycles. The molecule has 2 amide bonds. The molecule has 0 fully saturated rings. The highest BCUT2D eigenvalue weighted by Gasteiger charge is 2.18. The summed E-state index contributed by atoms with van der Waals surface area (Å²) in [7, 11) is 0. The first-order valence-electron chi connectivity index (χ1n) is 6.21. The molecule has 0 aliphatic rings. The largest absolute Gasteiger partial charge is 0.479 e. The number of amides is 2. The first-order chi connectivity index (χ1) is 8.25. The summed E-state index contributed by atoms with van der Waals surface area (Å²) in [4.78, 5) is 23.9. The molecule has 0 saturated carbocycles. The minimum Gasteiger partial charge on any atom is -0.479 e. The Morgan fingerprint density at radius 1 is 1.22 bits per heavy atom. The highest BCUT2D eigenvalue weighted by Crippen LogP contribution is 2.04. The van der Waals surface area contributed by atoms with Crippen molar-refractivity contribution in [3.63, 3.8) is 0 Å². The number of hydrogen-bond acceptors (Lipinski definition) is 3. The number of carboxylic acids is 1. The molecule has 0 aromatic carbocycles. The number of aliphatic carboxylic acids is 1. The molecular formula is C12H24N2O4. The lowest BCUT2D eigenvalue weighted by Gasteiger charge is -2.28. The van der Waals surface area contributed by atoms with Gasteiger partial charge in [0.25, 0.3) is 0 Å². The molecule has 0 rings (SSSR count). The summed E-state index contributed by atoms with van der Waals surface area (Å²) in [6.07, 6.45) is -1.42. The van der Waals surface area contributed by atoms with E-state index < -0.39 is 12.1 Å². The van der Waals surface area contributed by atoms with Gasteiger partial charge in [0.05, 0.1) is 0 Å². The van der Waals surface area contributed by atoms with E-state index in [-0.39, 0.29) is 25.0 Å². The summed E-state index contributed by atoms with van der Waals surface area (Å²) in [5, 5.41) is 20.2. The number of carbonyl (C=O) groups is 2. The van der Waals surface area contributed by atoms with Crippen molar-refractivity contribution in [2.45, 2.75) is 46.3 Å². The predicted octanol–water partition coefficient (Wildman–Crippen LogP) is 0.898. The normalized spacial score (nSPS) is 12.6. The van der Waals surface area contributed by atoms with Crippen molar-refractivity contribution in [1.29, 1.82) is 0 Å². The zero-order valence-corrected chi connectivity index (χ0v) is 11.5. The quantitative estimate of drug-likeness (QED) is 0.634. The molecule has 0 radical (unpaired) electrons. The zero-order valence-electron chi connectivity index (χ0n) is 11.5. The number of hydrogen-bond donors (Lipinski definition) is 3. The molecule has 0 spiro atoms. The summed E-state index contributed by atoms with van der Waals surface area (Å²) in [6.45, 7) is 8.69. The molecule has 6 nitrogen and oxygen atoms in total. The van der Waals surface area contributed by atoms with Crippen LogP contribution in [0.2, 0.25) is 0 Å². The third kappa shape index (κ3) is 6.44. The average molecular weight is 260 g/mol. The molecule has 0 bridgehead atoms. The minimum absolute atomic E-state index is 0.00862. The number of nitrogens with one attached hydrogen (secondary N) is 1. The molecule has 0 aromatic rings. The molecule has 0 aliphatic heterocycles. The molecule has 3 N–H and O–H groups in total. The van der Waals surface area contributed by atoms with Gasteiger partial charge in [-0.25, -0.2) is 9.59 Å². The van der Waals surface area contributed by atoms with Gasteiger partial charge in [-0.3, -0.25) is 0 Å². The van der Waals surface area contributed by atoms with Crippen LogP contribution in [0.5, 0.6) is 0 Å². The highest BCUT2D eigenvalue weighted by atomic mass is 16.4. The summed E-state index contributed by atoms with van der Waals surface area (Å²) >= 11 is 0. The van der Waals surface area contributed by atoms with Gasteiger partial charge in [-0.1, -0.05) is 13.8 Å². The molecule has 18 heavy (non-hydrogen) atoms. The van der Waals surface area contributed by atoms with Crippen LogP contribution in [0.25, 0.3) is 0 Å². The molecular weight excluding hydrogens is 236 g/mol. The van der Waals surface area contributed by atoms with E-state index in [1.165, 1.54) is 0 Å². The lowest BCUT2D eigenvalue weighted by Crippen LogP contribution is -2.46. The van der Waals surface area contributed by atoms with Crippen LogP contribution in [0.1, 0.15) is 34.1 Å². The van der Waals surface area contributed by atoms with Gasteiger partial charge in [0.1, 0.15) is 0 Å². The van der Waals surface area contributed by atoms with E-state index in [0.717, 1.165) is 0 Å². The van der Waals surface area contributed by atoms with Crippen LogP contribution in [-0.2, 0) is 4.79 Å². The van der Waals surface area contributed by atoms with E-state index in [4.69, 9.17) is 10.2 Å². The van der Waals surface area contributed by atoms with Crippen LogP contribution >= 0.6 is 0 Å². The maximum Gasteiger partial charge on any atom is 0.332 e. The van der Waals surface area contributed by atoms with E-state index in [0.29, 0.717) is 12.5 Å². The van der Waals surface area contributed by atoms with Crippen molar-refractivity contribution < 1.29 is 19.8 Å². The summed E-state index contributed by atoms with van der Waals surface area (Å²) in [6, 6.07) is -0.145. The van der Waals surface area contributed by atoms with Gasteiger partial charge in [0.15, 0.2) is 6.10 Å². The fourth-order valence-electron chi connectivity index (χ4n) is 1.46. The maximum absolute atomic E-state index is 11.9. The molecule has 0 aromatic heterocycles. The fourth-order valence-corrected chi connectivity index (χ4v) is 1.46. The first-order valence-corrected chi connectivity index (χ1v) is 6.21. The minimum atomic E-state index is -1.43. The lowest BCUT2D eigenvalue weighted by atomic mass is 10.2. The smallest absolute Gasteiger partial charge is 0.332 e. The van der Waals surface area contributed by atoms with Crippen molar-refractivity contribution in [3.05, 3.63) is 0 Å². The third-order valence-corrected chi connectivity index (χ3v) is 2.43. The molecule has 1 atom stereocenters. The Kier molecular flexibility index (Phi) is 7.35. The van der Waals surface area contributed by atoms with Gasteiger partial charge >= 0.3 is 12.0 Å². The monoisotopic (exact) mass is 260 g/mol. The number of urea groups is 1. The van der Waals surface area contributed by atoms with Gasteiger partial charge in [-0.2, -0.15) is 0 Å². The first kappa shape index (κ1) is 16.7. The fraction of sp³-hybridized carbons (Fsp3) is 0.833. The Bertz CT molecular complexity index is 279. The maximum atomic E-state index is 11.9. The Morgan fingerprint density at radius 3 is 2.17 bits per heavy atom.